The van der Waals surface area contributed by atoms with E-state index in [0.717, 1.165) is 19.5 Å². The number of amides is 1. The van der Waals surface area contributed by atoms with Crippen molar-refractivity contribution in [2.24, 2.45) is 0 Å². The summed E-state index contributed by atoms with van der Waals surface area (Å²) < 4.78 is 0. The molecule has 1 aliphatic rings. The quantitative estimate of drug-likeness (QED) is 0.640. The number of likely N-dealkylation sites (N-methyl/N-ethyl adjacent to an activating group) is 1. The highest BCUT2D eigenvalue weighted by atomic mass is 16.2. The van der Waals surface area contributed by atoms with Gasteiger partial charge in [-0.1, -0.05) is 12.2 Å². The van der Waals surface area contributed by atoms with Crippen LogP contribution >= 0.6 is 0 Å². The molecule has 0 bridgehead atoms. The number of hydrogen-bond donors (Lipinski definition) is 1. The lowest BCUT2D eigenvalue weighted by atomic mass is 10.0. The van der Waals surface area contributed by atoms with Gasteiger partial charge in [0.15, 0.2) is 0 Å². The molecule has 0 saturated heterocycles. The Labute approximate surface area is 79.8 Å². The molecule has 13 heavy (non-hydrogen) atoms. The van der Waals surface area contributed by atoms with Crippen molar-refractivity contribution in [1.29, 1.82) is 0 Å². The first-order valence-electron chi connectivity index (χ1n) is 4.71. The molecule has 0 aliphatic carbocycles. The summed E-state index contributed by atoms with van der Waals surface area (Å²) in [6, 6.07) is 0. The fraction of sp³-hybridized carbons (Fsp3) is 0.700. The summed E-state index contributed by atoms with van der Waals surface area (Å²) >= 11 is 0. The summed E-state index contributed by atoms with van der Waals surface area (Å²) in [6.07, 6.45) is 5.15. The first kappa shape index (κ1) is 10.3. The third-order valence-corrected chi connectivity index (χ3v) is 2.51. The molecule has 0 unspecified atom stereocenters. The molecular formula is C10H18N2O. The van der Waals surface area contributed by atoms with E-state index in [1.54, 1.807) is 0 Å². The maximum Gasteiger partial charge on any atom is 0.242 e. The molecule has 0 aromatic heterocycles. The SMILES string of the molecule is CNC(C)(C)C(=O)N1CC=CCC1. The summed E-state index contributed by atoms with van der Waals surface area (Å²) in [5.74, 6) is 0.180. The van der Waals surface area contributed by atoms with E-state index in [1.807, 2.05) is 31.9 Å². The van der Waals surface area contributed by atoms with Crippen LogP contribution in [0.15, 0.2) is 12.2 Å². The predicted octanol–water partition coefficient (Wildman–Crippen LogP) is 0.773. The van der Waals surface area contributed by atoms with Crippen LogP contribution in [0.25, 0.3) is 0 Å². The number of nitrogens with one attached hydrogen (secondary N) is 1. The molecule has 3 heteroatoms. The van der Waals surface area contributed by atoms with Crippen molar-refractivity contribution in [3.05, 3.63) is 12.2 Å². The van der Waals surface area contributed by atoms with Gasteiger partial charge in [0.2, 0.25) is 5.91 Å². The number of rotatable bonds is 2. The lowest BCUT2D eigenvalue weighted by Crippen LogP contribution is -2.53. The van der Waals surface area contributed by atoms with E-state index < -0.39 is 5.54 Å². The number of carbonyl (C=O) groups excluding carboxylic acids is 1. The second-order valence-electron chi connectivity index (χ2n) is 3.89. The second kappa shape index (κ2) is 3.92. The Hall–Kier alpha value is -0.830. The Balaban J connectivity index is 2.61. The van der Waals surface area contributed by atoms with E-state index in [-0.39, 0.29) is 5.91 Å². The minimum Gasteiger partial charge on any atom is -0.337 e. The van der Waals surface area contributed by atoms with Crippen molar-refractivity contribution in [1.82, 2.24) is 10.2 Å². The van der Waals surface area contributed by atoms with Gasteiger partial charge >= 0.3 is 0 Å². The Kier molecular flexibility index (Phi) is 3.09. The van der Waals surface area contributed by atoms with Crippen LogP contribution in [0.1, 0.15) is 20.3 Å². The lowest BCUT2D eigenvalue weighted by molar-refractivity contribution is -0.136. The molecule has 3 nitrogen and oxygen atoms in total. The van der Waals surface area contributed by atoms with Crippen molar-refractivity contribution in [2.75, 3.05) is 20.1 Å². The normalized spacial score (nSPS) is 17.6. The van der Waals surface area contributed by atoms with E-state index in [1.165, 1.54) is 0 Å². The molecule has 0 fully saturated rings. The third kappa shape index (κ3) is 2.31. The van der Waals surface area contributed by atoms with Crippen LogP contribution in [0.5, 0.6) is 0 Å². The molecule has 0 aromatic carbocycles. The van der Waals surface area contributed by atoms with Crippen molar-refractivity contribution >= 4 is 5.91 Å². The van der Waals surface area contributed by atoms with Crippen molar-refractivity contribution in [2.45, 2.75) is 25.8 Å². The summed E-state index contributed by atoms with van der Waals surface area (Å²) in [5, 5.41) is 3.02. The third-order valence-electron chi connectivity index (χ3n) is 2.51. The van der Waals surface area contributed by atoms with Gasteiger partial charge in [-0.3, -0.25) is 4.79 Å². The Bertz CT molecular complexity index is 221. The van der Waals surface area contributed by atoms with Crippen LogP contribution in [0.4, 0.5) is 0 Å². The van der Waals surface area contributed by atoms with Gasteiger partial charge < -0.3 is 10.2 Å². The first-order valence-corrected chi connectivity index (χ1v) is 4.71. The van der Waals surface area contributed by atoms with Crippen molar-refractivity contribution < 1.29 is 4.79 Å². The zero-order chi connectivity index (χ0) is 9.90. The summed E-state index contributed by atoms with van der Waals surface area (Å²) in [5.41, 5.74) is -0.439. The van der Waals surface area contributed by atoms with E-state index in [0.29, 0.717) is 0 Å². The minimum atomic E-state index is -0.439. The van der Waals surface area contributed by atoms with Gasteiger partial charge in [0.25, 0.3) is 0 Å². The lowest BCUT2D eigenvalue weighted by Gasteiger charge is -2.32. The van der Waals surface area contributed by atoms with Crippen LogP contribution in [0.2, 0.25) is 0 Å². The number of carbonyl (C=O) groups is 1. The van der Waals surface area contributed by atoms with Crippen molar-refractivity contribution in [3.63, 3.8) is 0 Å². The van der Waals surface area contributed by atoms with Crippen LogP contribution in [0.3, 0.4) is 0 Å². The molecule has 74 valence electrons. The van der Waals surface area contributed by atoms with Gasteiger partial charge in [0.05, 0.1) is 5.54 Å². The van der Waals surface area contributed by atoms with Gasteiger partial charge in [0, 0.05) is 13.1 Å². The average Bonchev–Trinajstić information content (AvgIpc) is 2.18. The monoisotopic (exact) mass is 182 g/mol. The summed E-state index contributed by atoms with van der Waals surface area (Å²) in [7, 11) is 1.82. The molecule has 0 atom stereocenters. The van der Waals surface area contributed by atoms with Crippen LogP contribution in [-0.2, 0) is 4.79 Å². The largest absolute Gasteiger partial charge is 0.337 e. The van der Waals surface area contributed by atoms with Crippen molar-refractivity contribution in [3.8, 4) is 0 Å². The molecule has 0 aromatic rings. The fourth-order valence-corrected chi connectivity index (χ4v) is 1.33. The molecule has 1 rings (SSSR count). The Morgan fingerprint density at radius 2 is 2.15 bits per heavy atom. The molecule has 1 N–H and O–H groups in total. The number of hydrogen-bond acceptors (Lipinski definition) is 2. The summed E-state index contributed by atoms with van der Waals surface area (Å²) in [4.78, 5) is 13.8. The topological polar surface area (TPSA) is 32.3 Å². The minimum absolute atomic E-state index is 0.180. The Morgan fingerprint density at radius 1 is 1.46 bits per heavy atom. The fourth-order valence-electron chi connectivity index (χ4n) is 1.33. The second-order valence-corrected chi connectivity index (χ2v) is 3.89. The van der Waals surface area contributed by atoms with Gasteiger partial charge in [0.1, 0.15) is 0 Å². The highest BCUT2D eigenvalue weighted by molar-refractivity contribution is 5.85. The predicted molar refractivity (Wildman–Crippen MR) is 53.5 cm³/mol. The molecule has 0 saturated carbocycles. The van der Waals surface area contributed by atoms with Gasteiger partial charge in [-0.2, -0.15) is 0 Å². The zero-order valence-corrected chi connectivity index (χ0v) is 8.63. The molecule has 0 radical (unpaired) electrons. The van der Waals surface area contributed by atoms with Crippen LogP contribution < -0.4 is 5.32 Å². The molecule has 0 spiro atoms. The highest BCUT2D eigenvalue weighted by Crippen LogP contribution is 2.10. The van der Waals surface area contributed by atoms with E-state index in [9.17, 15) is 4.79 Å². The van der Waals surface area contributed by atoms with E-state index in [2.05, 4.69) is 11.4 Å². The highest BCUT2D eigenvalue weighted by Gasteiger charge is 2.29. The molecular weight excluding hydrogens is 164 g/mol. The van der Waals surface area contributed by atoms with Gasteiger partial charge in [-0.15, -0.1) is 0 Å². The van der Waals surface area contributed by atoms with E-state index >= 15 is 0 Å². The maximum absolute atomic E-state index is 11.9. The summed E-state index contributed by atoms with van der Waals surface area (Å²) in [6.45, 7) is 5.42. The molecule has 1 aliphatic heterocycles. The van der Waals surface area contributed by atoms with Gasteiger partial charge in [-0.25, -0.2) is 0 Å². The maximum atomic E-state index is 11.9. The average molecular weight is 182 g/mol. The smallest absolute Gasteiger partial charge is 0.242 e. The standard InChI is InChI=1S/C10H18N2O/c1-10(2,11-3)9(13)12-7-5-4-6-8-12/h4-5,11H,6-8H2,1-3H3. The zero-order valence-electron chi connectivity index (χ0n) is 8.63. The van der Waals surface area contributed by atoms with Gasteiger partial charge in [-0.05, 0) is 27.3 Å². The van der Waals surface area contributed by atoms with Crippen LogP contribution in [-0.4, -0.2) is 36.5 Å². The number of nitrogens with zero attached hydrogens (tertiary/aromatic N) is 1. The molecule has 1 amide bonds. The first-order chi connectivity index (χ1) is 6.08. The molecule has 1 heterocycles. The van der Waals surface area contributed by atoms with Crippen LogP contribution in [0, 0.1) is 0 Å². The Morgan fingerprint density at radius 3 is 2.62 bits per heavy atom. The van der Waals surface area contributed by atoms with E-state index in [4.69, 9.17) is 0 Å².